The maximum Gasteiger partial charge on any atom is 0.253 e. The van der Waals surface area contributed by atoms with Crippen molar-refractivity contribution < 1.29 is 13.2 Å². The number of benzene rings is 1. The molecule has 1 amide bonds. The van der Waals surface area contributed by atoms with E-state index >= 15 is 0 Å². The summed E-state index contributed by atoms with van der Waals surface area (Å²) in [6.45, 7) is 2.80. The van der Waals surface area contributed by atoms with Crippen LogP contribution in [0, 0.1) is 6.92 Å². The quantitative estimate of drug-likeness (QED) is 0.487. The maximum absolute atomic E-state index is 13.1. The molecule has 1 saturated heterocycles. The number of carbonyl (C=O) groups is 1. The summed E-state index contributed by atoms with van der Waals surface area (Å²) in [5, 5.41) is 2.38. The molecule has 1 aromatic carbocycles. The van der Waals surface area contributed by atoms with Gasteiger partial charge >= 0.3 is 0 Å². The van der Waals surface area contributed by atoms with Crippen molar-refractivity contribution in [2.24, 2.45) is 0 Å². The minimum atomic E-state index is -3.75. The summed E-state index contributed by atoms with van der Waals surface area (Å²) in [4.78, 5) is 22.0. The Bertz CT molecular complexity index is 1430. The third-order valence-electron chi connectivity index (χ3n) is 5.48. The van der Waals surface area contributed by atoms with Gasteiger partial charge in [-0.15, -0.1) is 11.3 Å². The molecule has 10 heteroatoms. The highest BCUT2D eigenvalue weighted by molar-refractivity contribution is 7.91. The van der Waals surface area contributed by atoms with E-state index in [0.29, 0.717) is 18.1 Å². The molecular formula is C21H19ClN4O3S2. The predicted molar refractivity (Wildman–Crippen MR) is 122 cm³/mol. The van der Waals surface area contributed by atoms with Gasteiger partial charge in [0.15, 0.2) is 0 Å². The Morgan fingerprint density at radius 1 is 1.16 bits per heavy atom. The first-order chi connectivity index (χ1) is 14.8. The van der Waals surface area contributed by atoms with Crippen molar-refractivity contribution in [3.8, 4) is 0 Å². The number of fused-ring (bicyclic) bond motifs is 2. The lowest BCUT2D eigenvalue weighted by Crippen LogP contribution is -2.51. The molecule has 0 radical (unpaired) electrons. The van der Waals surface area contributed by atoms with E-state index < -0.39 is 10.0 Å². The minimum absolute atomic E-state index is 0.169. The van der Waals surface area contributed by atoms with E-state index in [9.17, 15) is 13.2 Å². The molecule has 0 bridgehead atoms. The summed E-state index contributed by atoms with van der Waals surface area (Å²) in [5.41, 5.74) is 2.94. The SMILES string of the molecule is Cc1cncc2cc(CN3CCN(S(=O)(=O)c4cc5ccc(Cl)cc5s4)CC3=O)[nH]c12. The standard InChI is InChI=1S/C21H19ClN4O3S2/c1-13-9-23-10-15-6-17(24-21(13)15)11-25-4-5-26(12-19(25)27)31(28,29)20-7-14-2-3-16(22)8-18(14)30-20/h2-3,6-10,24H,4-5,11-12H2,1H3. The van der Waals surface area contributed by atoms with Crippen LogP contribution in [0.15, 0.2) is 46.9 Å². The highest BCUT2D eigenvalue weighted by Crippen LogP contribution is 2.33. The average Bonchev–Trinajstić information content (AvgIpc) is 3.34. The number of hydrogen-bond donors (Lipinski definition) is 1. The van der Waals surface area contributed by atoms with Crippen LogP contribution in [-0.4, -0.2) is 53.1 Å². The van der Waals surface area contributed by atoms with Crippen LogP contribution in [0.1, 0.15) is 11.3 Å². The fourth-order valence-corrected chi connectivity index (χ4v) is 7.05. The van der Waals surface area contributed by atoms with Gasteiger partial charge in [-0.3, -0.25) is 9.78 Å². The van der Waals surface area contributed by atoms with Crippen molar-refractivity contribution in [3.63, 3.8) is 0 Å². The van der Waals surface area contributed by atoms with Crippen molar-refractivity contribution in [2.75, 3.05) is 19.6 Å². The molecule has 0 unspecified atom stereocenters. The smallest absolute Gasteiger partial charge is 0.253 e. The molecule has 0 spiro atoms. The number of pyridine rings is 1. The number of sulfonamides is 1. The molecule has 1 fully saturated rings. The Balaban J connectivity index is 1.33. The van der Waals surface area contributed by atoms with Gasteiger partial charge in [0.2, 0.25) is 5.91 Å². The number of nitrogens with zero attached hydrogens (tertiary/aromatic N) is 3. The van der Waals surface area contributed by atoms with Crippen LogP contribution in [0.4, 0.5) is 0 Å². The Labute approximate surface area is 188 Å². The number of amides is 1. The number of aryl methyl sites for hydroxylation is 1. The molecular weight excluding hydrogens is 456 g/mol. The van der Waals surface area contributed by atoms with E-state index in [0.717, 1.165) is 32.2 Å². The predicted octanol–water partition coefficient (Wildman–Crippen LogP) is 3.77. The largest absolute Gasteiger partial charge is 0.357 e. The van der Waals surface area contributed by atoms with Crippen LogP contribution < -0.4 is 0 Å². The van der Waals surface area contributed by atoms with E-state index in [2.05, 4.69) is 9.97 Å². The fraction of sp³-hybridized carbons (Fsp3) is 0.238. The molecule has 4 heterocycles. The van der Waals surface area contributed by atoms with E-state index in [-0.39, 0.29) is 23.2 Å². The van der Waals surface area contributed by atoms with Gasteiger partial charge in [0.1, 0.15) is 4.21 Å². The Hall–Kier alpha value is -2.46. The van der Waals surface area contributed by atoms with Gasteiger partial charge in [-0.1, -0.05) is 17.7 Å². The minimum Gasteiger partial charge on any atom is -0.357 e. The zero-order valence-corrected chi connectivity index (χ0v) is 19.0. The number of piperazine rings is 1. The summed E-state index contributed by atoms with van der Waals surface area (Å²) in [6, 6.07) is 8.91. The summed E-state index contributed by atoms with van der Waals surface area (Å²) >= 11 is 7.19. The van der Waals surface area contributed by atoms with Gasteiger partial charge in [0, 0.05) is 46.3 Å². The van der Waals surface area contributed by atoms with E-state index in [1.54, 1.807) is 41.6 Å². The van der Waals surface area contributed by atoms with Crippen LogP contribution in [-0.2, 0) is 21.4 Å². The number of thiophene rings is 1. The van der Waals surface area contributed by atoms with Gasteiger partial charge in [-0.25, -0.2) is 8.42 Å². The van der Waals surface area contributed by atoms with E-state index in [1.165, 1.54) is 15.6 Å². The molecule has 5 rings (SSSR count). The molecule has 7 nitrogen and oxygen atoms in total. The highest BCUT2D eigenvalue weighted by atomic mass is 35.5. The normalized spacial score (nSPS) is 15.9. The fourth-order valence-electron chi connectivity index (χ4n) is 3.84. The number of aromatic amines is 1. The second-order valence-corrected chi connectivity index (χ2v) is 11.3. The average molecular weight is 475 g/mol. The second kappa shape index (κ2) is 7.59. The topological polar surface area (TPSA) is 86.4 Å². The first-order valence-corrected chi connectivity index (χ1v) is 12.3. The molecule has 0 aliphatic carbocycles. The zero-order chi connectivity index (χ0) is 21.8. The van der Waals surface area contributed by atoms with E-state index in [1.807, 2.05) is 13.0 Å². The summed E-state index contributed by atoms with van der Waals surface area (Å²) in [7, 11) is -3.75. The molecule has 1 N–H and O–H groups in total. The lowest BCUT2D eigenvalue weighted by molar-refractivity contribution is -0.134. The van der Waals surface area contributed by atoms with Crippen LogP contribution in [0.3, 0.4) is 0 Å². The molecule has 0 saturated carbocycles. The van der Waals surface area contributed by atoms with Crippen molar-refractivity contribution in [1.29, 1.82) is 0 Å². The molecule has 31 heavy (non-hydrogen) atoms. The number of carbonyl (C=O) groups excluding carboxylic acids is 1. The zero-order valence-electron chi connectivity index (χ0n) is 16.6. The third-order valence-corrected chi connectivity index (χ3v) is 9.11. The van der Waals surface area contributed by atoms with Gasteiger partial charge in [0.05, 0.1) is 18.6 Å². The van der Waals surface area contributed by atoms with Gasteiger partial charge in [-0.2, -0.15) is 4.31 Å². The van der Waals surface area contributed by atoms with Crippen molar-refractivity contribution >= 4 is 59.9 Å². The molecule has 1 aliphatic heterocycles. The summed E-state index contributed by atoms with van der Waals surface area (Å²) in [5.74, 6) is -0.215. The Kier molecular flexibility index (Phi) is 5.01. The van der Waals surface area contributed by atoms with Gasteiger partial charge in [0.25, 0.3) is 10.0 Å². The summed E-state index contributed by atoms with van der Waals surface area (Å²) in [6.07, 6.45) is 3.58. The first-order valence-electron chi connectivity index (χ1n) is 9.70. The Morgan fingerprint density at radius 3 is 2.77 bits per heavy atom. The molecule has 3 aromatic heterocycles. The van der Waals surface area contributed by atoms with Crippen molar-refractivity contribution in [3.05, 3.63) is 59.0 Å². The number of hydrogen-bond acceptors (Lipinski definition) is 5. The van der Waals surface area contributed by atoms with Crippen molar-refractivity contribution in [1.82, 2.24) is 19.2 Å². The molecule has 0 atom stereocenters. The van der Waals surface area contributed by atoms with Crippen molar-refractivity contribution in [2.45, 2.75) is 17.7 Å². The van der Waals surface area contributed by atoms with Crippen LogP contribution >= 0.6 is 22.9 Å². The molecule has 160 valence electrons. The van der Waals surface area contributed by atoms with Crippen LogP contribution in [0.5, 0.6) is 0 Å². The highest BCUT2D eigenvalue weighted by Gasteiger charge is 2.34. The van der Waals surface area contributed by atoms with Gasteiger partial charge in [-0.05, 0) is 42.1 Å². The number of nitrogens with one attached hydrogen (secondary N) is 1. The van der Waals surface area contributed by atoms with E-state index in [4.69, 9.17) is 11.6 Å². The maximum atomic E-state index is 13.1. The van der Waals surface area contributed by atoms with Crippen LogP contribution in [0.25, 0.3) is 21.0 Å². The number of H-pyrrole nitrogens is 1. The number of aromatic nitrogens is 2. The lowest BCUT2D eigenvalue weighted by Gasteiger charge is -2.33. The monoisotopic (exact) mass is 474 g/mol. The van der Waals surface area contributed by atoms with Crippen LogP contribution in [0.2, 0.25) is 5.02 Å². The third kappa shape index (κ3) is 3.71. The number of halogens is 1. The molecule has 4 aromatic rings. The second-order valence-electron chi connectivity index (χ2n) is 7.62. The lowest BCUT2D eigenvalue weighted by atomic mass is 10.2. The summed E-state index contributed by atoms with van der Waals surface area (Å²) < 4.78 is 28.5. The first kappa shape index (κ1) is 20.4. The Morgan fingerprint density at radius 2 is 2.00 bits per heavy atom. The number of rotatable bonds is 4. The molecule has 1 aliphatic rings. The van der Waals surface area contributed by atoms with Gasteiger partial charge < -0.3 is 9.88 Å².